The van der Waals surface area contributed by atoms with Crippen LogP contribution in [0.15, 0.2) is 11.8 Å². The van der Waals surface area contributed by atoms with E-state index in [0.717, 1.165) is 13.2 Å². The van der Waals surface area contributed by atoms with E-state index in [1.807, 2.05) is 0 Å². The van der Waals surface area contributed by atoms with Crippen molar-refractivity contribution in [2.24, 2.45) is 0 Å². The van der Waals surface area contributed by atoms with E-state index >= 15 is 0 Å². The van der Waals surface area contributed by atoms with Gasteiger partial charge in [0.1, 0.15) is 0 Å². The quantitative estimate of drug-likeness (QED) is 0.538. The van der Waals surface area contributed by atoms with Gasteiger partial charge in [0.25, 0.3) is 0 Å². The minimum Gasteiger partial charge on any atom is -0.368 e. The van der Waals surface area contributed by atoms with Crippen LogP contribution in [0.25, 0.3) is 0 Å². The molecule has 0 aromatic carbocycles. The first-order chi connectivity index (χ1) is 4.72. The van der Waals surface area contributed by atoms with Gasteiger partial charge in [-0.1, -0.05) is 6.92 Å². The summed E-state index contributed by atoms with van der Waals surface area (Å²) in [7, 11) is 4.27. The largest absolute Gasteiger partial charge is 0.368 e. The topological polar surface area (TPSA) is 6.48 Å². The third-order valence-corrected chi connectivity index (χ3v) is 1.79. The average Bonchev–Trinajstić information content (AvgIpc) is 1.85. The normalized spacial score (nSPS) is 21.1. The Morgan fingerprint density at radius 3 is 2.70 bits per heavy atom. The molecule has 58 valence electrons. The Bertz CT molecular complexity index is 140. The van der Waals surface area contributed by atoms with Crippen LogP contribution in [0.2, 0.25) is 0 Å². The highest BCUT2D eigenvalue weighted by atomic mass is 15.3. The maximum absolute atomic E-state index is 2.32. The van der Waals surface area contributed by atoms with Crippen molar-refractivity contribution in [2.45, 2.75) is 13.3 Å². The Hall–Kier alpha value is -0.500. The van der Waals surface area contributed by atoms with Crippen molar-refractivity contribution in [3.63, 3.8) is 0 Å². The monoisotopic (exact) mass is 140 g/mol. The Kier molecular flexibility index (Phi) is 2.33. The second-order valence-corrected chi connectivity index (χ2v) is 3.05. The lowest BCUT2D eigenvalue weighted by Gasteiger charge is -2.30. The summed E-state index contributed by atoms with van der Waals surface area (Å²) >= 11 is 0. The third kappa shape index (κ3) is 1.74. The highest BCUT2D eigenvalue weighted by molar-refractivity contribution is 5.05. The Labute approximate surface area is 63.1 Å². The SMILES string of the molecule is CCC1=CN(C)CN(C)C1. The molecule has 1 heterocycles. The first kappa shape index (κ1) is 7.61. The Morgan fingerprint density at radius 2 is 2.20 bits per heavy atom. The van der Waals surface area contributed by atoms with E-state index in [9.17, 15) is 0 Å². The van der Waals surface area contributed by atoms with E-state index < -0.39 is 0 Å². The molecule has 0 aliphatic carbocycles. The zero-order valence-electron chi connectivity index (χ0n) is 7.09. The maximum Gasteiger partial charge on any atom is 0.0698 e. The molecule has 0 unspecified atom stereocenters. The van der Waals surface area contributed by atoms with E-state index in [1.54, 1.807) is 0 Å². The average molecular weight is 140 g/mol. The summed E-state index contributed by atoms with van der Waals surface area (Å²) in [5.74, 6) is 0. The van der Waals surface area contributed by atoms with Crippen LogP contribution in [0.4, 0.5) is 0 Å². The molecule has 0 radical (unpaired) electrons. The summed E-state index contributed by atoms with van der Waals surface area (Å²) in [5, 5.41) is 0. The van der Waals surface area contributed by atoms with E-state index in [2.05, 4.69) is 37.0 Å². The summed E-state index contributed by atoms with van der Waals surface area (Å²) < 4.78 is 0. The lowest BCUT2D eigenvalue weighted by molar-refractivity contribution is 0.218. The van der Waals surface area contributed by atoms with Gasteiger partial charge in [0.15, 0.2) is 0 Å². The molecule has 0 bridgehead atoms. The molecule has 2 heteroatoms. The van der Waals surface area contributed by atoms with E-state index in [0.29, 0.717) is 0 Å². The molecule has 0 saturated carbocycles. The minimum atomic E-state index is 1.06. The molecule has 0 N–H and O–H groups in total. The summed E-state index contributed by atoms with van der Waals surface area (Å²) in [6, 6.07) is 0. The van der Waals surface area contributed by atoms with Crippen LogP contribution >= 0.6 is 0 Å². The Morgan fingerprint density at radius 1 is 1.50 bits per heavy atom. The molecule has 0 aromatic rings. The van der Waals surface area contributed by atoms with Gasteiger partial charge in [-0.15, -0.1) is 0 Å². The predicted molar refractivity (Wildman–Crippen MR) is 43.6 cm³/mol. The van der Waals surface area contributed by atoms with E-state index in [4.69, 9.17) is 0 Å². The van der Waals surface area contributed by atoms with Gasteiger partial charge in [0, 0.05) is 19.8 Å². The lowest BCUT2D eigenvalue weighted by atomic mass is 10.2. The molecule has 0 saturated heterocycles. The summed E-state index contributed by atoms with van der Waals surface area (Å²) in [5.41, 5.74) is 1.52. The molecule has 1 rings (SSSR count). The van der Waals surface area contributed by atoms with Gasteiger partial charge >= 0.3 is 0 Å². The van der Waals surface area contributed by atoms with Crippen molar-refractivity contribution in [2.75, 3.05) is 27.3 Å². The summed E-state index contributed by atoms with van der Waals surface area (Å²) in [6.45, 7) is 4.41. The second kappa shape index (κ2) is 3.06. The smallest absolute Gasteiger partial charge is 0.0698 e. The summed E-state index contributed by atoms with van der Waals surface area (Å²) in [4.78, 5) is 4.54. The maximum atomic E-state index is 2.32. The van der Waals surface area contributed by atoms with Crippen LogP contribution in [0, 0.1) is 0 Å². The number of hydrogen-bond acceptors (Lipinski definition) is 2. The molecule has 0 aromatic heterocycles. The molecule has 1 aliphatic rings. The van der Waals surface area contributed by atoms with E-state index in [1.165, 1.54) is 12.0 Å². The molecular weight excluding hydrogens is 124 g/mol. The van der Waals surface area contributed by atoms with Crippen molar-refractivity contribution in [3.8, 4) is 0 Å². The van der Waals surface area contributed by atoms with Crippen LogP contribution in [0.5, 0.6) is 0 Å². The number of likely N-dealkylation sites (N-methyl/N-ethyl adjacent to an activating group) is 1. The van der Waals surface area contributed by atoms with Gasteiger partial charge in [-0.25, -0.2) is 0 Å². The Balaban J connectivity index is 2.56. The van der Waals surface area contributed by atoms with E-state index in [-0.39, 0.29) is 0 Å². The van der Waals surface area contributed by atoms with Crippen LogP contribution in [0.3, 0.4) is 0 Å². The standard InChI is InChI=1S/C8H16N2/c1-4-8-5-9(2)7-10(3)6-8/h5H,4,6-7H2,1-3H3. The summed E-state index contributed by atoms with van der Waals surface area (Å²) in [6.07, 6.45) is 3.43. The fourth-order valence-electron chi connectivity index (χ4n) is 1.37. The fourth-order valence-corrected chi connectivity index (χ4v) is 1.37. The van der Waals surface area contributed by atoms with Crippen molar-refractivity contribution in [1.82, 2.24) is 9.80 Å². The van der Waals surface area contributed by atoms with Crippen molar-refractivity contribution in [1.29, 1.82) is 0 Å². The molecule has 0 amide bonds. The third-order valence-electron chi connectivity index (χ3n) is 1.79. The highest BCUT2D eigenvalue weighted by Crippen LogP contribution is 2.09. The van der Waals surface area contributed by atoms with Crippen molar-refractivity contribution < 1.29 is 0 Å². The number of hydrogen-bond donors (Lipinski definition) is 0. The van der Waals surface area contributed by atoms with Gasteiger partial charge in [-0.05, 0) is 19.0 Å². The van der Waals surface area contributed by atoms with Crippen LogP contribution in [-0.2, 0) is 0 Å². The van der Waals surface area contributed by atoms with Crippen LogP contribution in [0.1, 0.15) is 13.3 Å². The molecule has 0 atom stereocenters. The molecule has 2 nitrogen and oxygen atoms in total. The van der Waals surface area contributed by atoms with Gasteiger partial charge in [-0.3, -0.25) is 4.90 Å². The highest BCUT2D eigenvalue weighted by Gasteiger charge is 2.08. The first-order valence-electron chi connectivity index (χ1n) is 3.80. The van der Waals surface area contributed by atoms with Crippen LogP contribution in [-0.4, -0.2) is 37.1 Å². The fraction of sp³-hybridized carbons (Fsp3) is 0.750. The van der Waals surface area contributed by atoms with Gasteiger partial charge in [0.05, 0.1) is 6.67 Å². The van der Waals surface area contributed by atoms with Gasteiger partial charge in [0.2, 0.25) is 0 Å². The van der Waals surface area contributed by atoms with Crippen molar-refractivity contribution >= 4 is 0 Å². The van der Waals surface area contributed by atoms with Gasteiger partial charge in [-0.2, -0.15) is 0 Å². The molecule has 0 fully saturated rings. The molecule has 0 spiro atoms. The zero-order chi connectivity index (χ0) is 7.56. The zero-order valence-corrected chi connectivity index (χ0v) is 7.09. The molecule has 1 aliphatic heterocycles. The molecule has 10 heavy (non-hydrogen) atoms. The number of rotatable bonds is 1. The first-order valence-corrected chi connectivity index (χ1v) is 3.80. The van der Waals surface area contributed by atoms with Gasteiger partial charge < -0.3 is 4.90 Å². The minimum absolute atomic E-state index is 1.06. The second-order valence-electron chi connectivity index (χ2n) is 3.05. The lowest BCUT2D eigenvalue weighted by Crippen LogP contribution is -2.35. The predicted octanol–water partition coefficient (Wildman–Crippen LogP) is 1.12. The molecular formula is C8H16N2. The van der Waals surface area contributed by atoms with Crippen LogP contribution < -0.4 is 0 Å². The number of nitrogens with zero attached hydrogens (tertiary/aromatic N) is 2. The van der Waals surface area contributed by atoms with Crippen molar-refractivity contribution in [3.05, 3.63) is 11.8 Å².